The van der Waals surface area contributed by atoms with Crippen molar-refractivity contribution in [3.05, 3.63) is 53.1 Å². The molecular weight excluding hydrogens is 330 g/mol. The van der Waals surface area contributed by atoms with Crippen molar-refractivity contribution >= 4 is 33.2 Å². The zero-order chi connectivity index (χ0) is 16.3. The molecule has 2 aromatic rings. The van der Waals surface area contributed by atoms with Crippen LogP contribution >= 0.6 is 11.6 Å². The molecule has 22 heavy (non-hydrogen) atoms. The highest BCUT2D eigenvalue weighted by Crippen LogP contribution is 2.20. The zero-order valence-electron chi connectivity index (χ0n) is 11.4. The number of amides is 2. The van der Waals surface area contributed by atoms with E-state index < -0.39 is 15.9 Å². The summed E-state index contributed by atoms with van der Waals surface area (Å²) in [5.74, 6) is 0. The first-order chi connectivity index (χ1) is 10.3. The molecule has 0 aliphatic heterocycles. The fourth-order valence-electron chi connectivity index (χ4n) is 1.68. The number of carbonyl (C=O) groups excluding carboxylic acids is 1. The number of urea groups is 1. The van der Waals surface area contributed by atoms with E-state index in [-0.39, 0.29) is 21.1 Å². The van der Waals surface area contributed by atoms with Gasteiger partial charge in [-0.25, -0.2) is 13.2 Å². The number of aromatic nitrogens is 1. The topological polar surface area (TPSA) is 101 Å². The van der Waals surface area contributed by atoms with Gasteiger partial charge in [-0.1, -0.05) is 23.7 Å². The Kier molecular flexibility index (Phi) is 4.53. The van der Waals surface area contributed by atoms with E-state index in [9.17, 15) is 18.4 Å². The Labute approximate surface area is 131 Å². The van der Waals surface area contributed by atoms with Crippen molar-refractivity contribution in [1.82, 2.24) is 4.73 Å². The summed E-state index contributed by atoms with van der Waals surface area (Å²) in [6.07, 6.45) is 2.27. The van der Waals surface area contributed by atoms with Crippen LogP contribution in [0.1, 0.15) is 0 Å². The van der Waals surface area contributed by atoms with Crippen molar-refractivity contribution in [1.29, 1.82) is 0 Å². The van der Waals surface area contributed by atoms with Crippen LogP contribution in [0.5, 0.6) is 0 Å². The maximum atomic E-state index is 11.9. The maximum Gasteiger partial charge on any atom is 0.345 e. The summed E-state index contributed by atoms with van der Waals surface area (Å²) in [5.41, 5.74) is 0.137. The number of benzene rings is 1. The Morgan fingerprint density at radius 3 is 2.64 bits per heavy atom. The van der Waals surface area contributed by atoms with E-state index in [2.05, 4.69) is 10.3 Å². The Balaban J connectivity index is 2.32. The fourth-order valence-corrected chi connectivity index (χ4v) is 2.69. The van der Waals surface area contributed by atoms with E-state index in [1.165, 1.54) is 30.5 Å². The molecule has 2 amide bonds. The Bertz CT molecular complexity index is 890. The van der Waals surface area contributed by atoms with E-state index in [0.717, 1.165) is 6.26 Å². The second kappa shape index (κ2) is 6.20. The smallest absolute Gasteiger partial charge is 0.345 e. The summed E-state index contributed by atoms with van der Waals surface area (Å²) < 4.78 is 24.0. The van der Waals surface area contributed by atoms with Crippen LogP contribution in [0.25, 0.3) is 0 Å². The third kappa shape index (κ3) is 3.86. The summed E-state index contributed by atoms with van der Waals surface area (Å²) in [6.45, 7) is 0. The second-order valence-electron chi connectivity index (χ2n) is 4.36. The molecule has 0 atom stereocenters. The quantitative estimate of drug-likeness (QED) is 0.643. The first kappa shape index (κ1) is 16.1. The highest BCUT2D eigenvalue weighted by Gasteiger charge is 2.13. The molecule has 0 bridgehead atoms. The molecule has 0 radical (unpaired) electrons. The lowest BCUT2D eigenvalue weighted by Gasteiger charge is -2.07. The molecule has 0 unspecified atom stereocenters. The van der Waals surface area contributed by atoms with Gasteiger partial charge in [-0.3, -0.25) is 0 Å². The molecule has 1 heterocycles. The van der Waals surface area contributed by atoms with Crippen LogP contribution in [0.15, 0.2) is 52.5 Å². The van der Waals surface area contributed by atoms with Crippen molar-refractivity contribution in [2.24, 2.45) is 4.99 Å². The van der Waals surface area contributed by atoms with Crippen LogP contribution in [0, 0.1) is 0 Å². The van der Waals surface area contributed by atoms with Gasteiger partial charge < -0.3 is 10.5 Å². The molecule has 0 saturated carbocycles. The van der Waals surface area contributed by atoms with Crippen LogP contribution in [0.2, 0.25) is 5.15 Å². The van der Waals surface area contributed by atoms with Crippen LogP contribution in [0.3, 0.4) is 0 Å². The van der Waals surface area contributed by atoms with Crippen molar-refractivity contribution in [2.75, 3.05) is 11.6 Å². The van der Waals surface area contributed by atoms with E-state index in [1.54, 1.807) is 12.1 Å². The van der Waals surface area contributed by atoms with Crippen LogP contribution in [-0.4, -0.2) is 30.6 Å². The average molecular weight is 342 g/mol. The maximum absolute atomic E-state index is 11.9. The molecule has 0 spiro atoms. The number of carbonyl (C=O) groups is 1. The SMILES string of the molecule is CS(=O)(=O)c1ccccc1NC(=O)/N=c1\ccn(O)c(Cl)c1. The summed E-state index contributed by atoms with van der Waals surface area (Å²) in [7, 11) is -3.48. The van der Waals surface area contributed by atoms with Gasteiger partial charge >= 0.3 is 6.03 Å². The van der Waals surface area contributed by atoms with Gasteiger partial charge in [-0.05, 0) is 18.2 Å². The number of nitrogens with one attached hydrogen (secondary N) is 1. The molecular formula is C13H12ClN3O4S. The molecule has 1 aromatic carbocycles. The van der Waals surface area contributed by atoms with E-state index in [1.807, 2.05) is 0 Å². The number of hydrogen-bond acceptors (Lipinski definition) is 4. The molecule has 1 aromatic heterocycles. The second-order valence-corrected chi connectivity index (χ2v) is 6.73. The molecule has 7 nitrogen and oxygen atoms in total. The average Bonchev–Trinajstić information content (AvgIpc) is 2.42. The van der Waals surface area contributed by atoms with Gasteiger partial charge in [0, 0.05) is 18.5 Å². The zero-order valence-corrected chi connectivity index (χ0v) is 13.0. The number of sulfone groups is 1. The minimum atomic E-state index is -3.48. The molecule has 0 aliphatic carbocycles. The standard InChI is InChI=1S/C13H12ClN3O4S/c1-22(20,21)11-5-3-2-4-10(11)16-13(18)15-9-6-7-17(19)12(14)8-9/h2-8,19H,1H3,(H,16,18)/b15-9+. The van der Waals surface area contributed by atoms with Gasteiger partial charge in [0.1, 0.15) is 5.15 Å². The predicted molar refractivity (Wildman–Crippen MR) is 80.8 cm³/mol. The minimum Gasteiger partial charge on any atom is -0.428 e. The molecule has 0 fully saturated rings. The monoisotopic (exact) mass is 341 g/mol. The van der Waals surface area contributed by atoms with Crippen molar-refractivity contribution in [3.63, 3.8) is 0 Å². The molecule has 2 N–H and O–H groups in total. The predicted octanol–water partition coefficient (Wildman–Crippen LogP) is 1.92. The number of halogens is 1. The number of pyridine rings is 1. The first-order valence-electron chi connectivity index (χ1n) is 5.99. The summed E-state index contributed by atoms with van der Waals surface area (Å²) in [5, 5.41) is 11.8. The lowest BCUT2D eigenvalue weighted by Crippen LogP contribution is -2.15. The molecule has 2 rings (SSSR count). The number of para-hydroxylation sites is 1. The van der Waals surface area contributed by atoms with Gasteiger partial charge in [0.2, 0.25) is 0 Å². The lowest BCUT2D eigenvalue weighted by atomic mass is 10.3. The first-order valence-corrected chi connectivity index (χ1v) is 8.26. The molecule has 0 saturated heterocycles. The van der Waals surface area contributed by atoms with Gasteiger partial charge in [0.15, 0.2) is 9.84 Å². The van der Waals surface area contributed by atoms with Gasteiger partial charge in [0.05, 0.1) is 15.9 Å². The normalized spacial score (nSPS) is 12.2. The van der Waals surface area contributed by atoms with Crippen molar-refractivity contribution in [2.45, 2.75) is 4.90 Å². The van der Waals surface area contributed by atoms with Crippen LogP contribution < -0.4 is 10.7 Å². The van der Waals surface area contributed by atoms with E-state index in [0.29, 0.717) is 4.73 Å². The molecule has 9 heteroatoms. The summed E-state index contributed by atoms with van der Waals surface area (Å²) in [4.78, 5) is 15.6. The Hall–Kier alpha value is -2.32. The number of nitrogens with zero attached hydrogens (tertiary/aromatic N) is 2. The van der Waals surface area contributed by atoms with Gasteiger partial charge in [-0.15, -0.1) is 0 Å². The minimum absolute atomic E-state index is 0.00200. The third-order valence-corrected chi connectivity index (χ3v) is 4.07. The number of hydrogen-bond donors (Lipinski definition) is 2. The van der Waals surface area contributed by atoms with Gasteiger partial charge in [-0.2, -0.15) is 9.72 Å². The largest absolute Gasteiger partial charge is 0.428 e. The Morgan fingerprint density at radius 1 is 1.32 bits per heavy atom. The highest BCUT2D eigenvalue weighted by molar-refractivity contribution is 7.90. The summed E-state index contributed by atoms with van der Waals surface area (Å²) in [6, 6.07) is 7.89. The summed E-state index contributed by atoms with van der Waals surface area (Å²) >= 11 is 5.68. The third-order valence-electron chi connectivity index (χ3n) is 2.63. The lowest BCUT2D eigenvalue weighted by molar-refractivity contribution is 0.185. The molecule has 116 valence electrons. The van der Waals surface area contributed by atoms with E-state index in [4.69, 9.17) is 11.6 Å². The van der Waals surface area contributed by atoms with Crippen molar-refractivity contribution in [3.8, 4) is 0 Å². The molecule has 0 aliphatic rings. The number of anilines is 1. The highest BCUT2D eigenvalue weighted by atomic mass is 35.5. The van der Waals surface area contributed by atoms with Crippen LogP contribution in [-0.2, 0) is 9.84 Å². The Morgan fingerprint density at radius 2 is 2.00 bits per heavy atom. The van der Waals surface area contributed by atoms with Crippen molar-refractivity contribution < 1.29 is 18.4 Å². The van der Waals surface area contributed by atoms with Gasteiger partial charge in [0.25, 0.3) is 0 Å². The number of rotatable bonds is 2. The van der Waals surface area contributed by atoms with E-state index >= 15 is 0 Å². The fraction of sp³-hybridized carbons (Fsp3) is 0.0769. The van der Waals surface area contributed by atoms with Crippen LogP contribution in [0.4, 0.5) is 10.5 Å².